The highest BCUT2D eigenvalue weighted by molar-refractivity contribution is 6.15. The molecule has 5 rings (SSSR count). The Hall–Kier alpha value is -4.59. The van der Waals surface area contributed by atoms with E-state index in [0.29, 0.717) is 22.6 Å². The summed E-state index contributed by atoms with van der Waals surface area (Å²) in [6.07, 6.45) is 3.47. The summed E-state index contributed by atoms with van der Waals surface area (Å²) in [7, 11) is 2.96. The highest BCUT2D eigenvalue weighted by Crippen LogP contribution is 2.45. The van der Waals surface area contributed by atoms with Gasteiger partial charge in [-0.25, -0.2) is 4.98 Å². The molecule has 2 aromatic carbocycles. The van der Waals surface area contributed by atoms with Crippen LogP contribution in [0.1, 0.15) is 27.7 Å². The van der Waals surface area contributed by atoms with E-state index >= 15 is 0 Å². The van der Waals surface area contributed by atoms with Gasteiger partial charge in [0.1, 0.15) is 5.58 Å². The van der Waals surface area contributed by atoms with Gasteiger partial charge >= 0.3 is 0 Å². The second kappa shape index (κ2) is 8.98. The Morgan fingerprint density at radius 3 is 2.63 bits per heavy atom. The average molecular weight is 470 g/mol. The van der Waals surface area contributed by atoms with E-state index < -0.39 is 23.5 Å². The van der Waals surface area contributed by atoms with Gasteiger partial charge in [0.05, 0.1) is 26.8 Å². The molecule has 0 spiro atoms. The van der Waals surface area contributed by atoms with Gasteiger partial charge < -0.3 is 23.9 Å². The molecule has 1 N–H and O–H groups in total. The first-order valence-electron chi connectivity index (χ1n) is 10.9. The largest absolute Gasteiger partial charge is 0.868 e. The number of Topliss-reactive ketones (excluding diaryl/α,β-unsaturated/α-hetero) is 1. The summed E-state index contributed by atoms with van der Waals surface area (Å²) < 4.78 is 16.8. The van der Waals surface area contributed by atoms with Crippen LogP contribution in [0.15, 0.2) is 88.8 Å². The van der Waals surface area contributed by atoms with Crippen LogP contribution >= 0.6 is 0 Å². The number of rotatable bonds is 7. The number of nitrogens with one attached hydrogen (secondary N) is 1. The lowest BCUT2D eigenvalue weighted by Gasteiger charge is -2.28. The zero-order valence-electron chi connectivity index (χ0n) is 19.1. The van der Waals surface area contributed by atoms with Crippen LogP contribution in [-0.2, 0) is 11.3 Å². The summed E-state index contributed by atoms with van der Waals surface area (Å²) in [5.74, 6) is -1.54. The number of aromatic amines is 1. The number of fused-ring (bicyclic) bond motifs is 1. The van der Waals surface area contributed by atoms with Crippen molar-refractivity contribution in [3.63, 3.8) is 0 Å². The van der Waals surface area contributed by atoms with E-state index in [1.807, 2.05) is 18.2 Å². The van der Waals surface area contributed by atoms with Crippen molar-refractivity contribution in [2.75, 3.05) is 14.2 Å². The van der Waals surface area contributed by atoms with Gasteiger partial charge in [-0.15, -0.1) is 0 Å². The maximum Gasteiger partial charge on any atom is 0.240 e. The molecule has 0 saturated carbocycles. The molecule has 0 aliphatic carbocycles. The number of carbonyl (C=O) groups is 2. The highest BCUT2D eigenvalue weighted by atomic mass is 16.5. The van der Waals surface area contributed by atoms with Crippen molar-refractivity contribution in [3.05, 3.63) is 101 Å². The fourth-order valence-corrected chi connectivity index (χ4v) is 4.44. The minimum Gasteiger partial charge on any atom is -0.868 e. The van der Waals surface area contributed by atoms with Crippen LogP contribution in [0, 0.1) is 0 Å². The van der Waals surface area contributed by atoms with Gasteiger partial charge in [-0.05, 0) is 30.0 Å². The van der Waals surface area contributed by atoms with Gasteiger partial charge in [-0.1, -0.05) is 30.3 Å². The lowest BCUT2D eigenvalue weighted by molar-refractivity contribution is -0.378. The van der Waals surface area contributed by atoms with E-state index in [2.05, 4.69) is 4.98 Å². The van der Waals surface area contributed by atoms with E-state index in [1.54, 1.807) is 54.9 Å². The summed E-state index contributed by atoms with van der Waals surface area (Å²) in [5, 5.41) is 14.0. The van der Waals surface area contributed by atoms with E-state index in [4.69, 9.17) is 13.9 Å². The Balaban J connectivity index is 1.66. The van der Waals surface area contributed by atoms with Crippen LogP contribution < -0.4 is 19.6 Å². The van der Waals surface area contributed by atoms with E-state index in [1.165, 1.54) is 19.1 Å². The Kier molecular flexibility index (Phi) is 5.70. The number of furan rings is 1. The van der Waals surface area contributed by atoms with Gasteiger partial charge in [-0.3, -0.25) is 9.59 Å². The average Bonchev–Trinajstić information content (AvgIpc) is 3.43. The monoisotopic (exact) mass is 470 g/mol. The van der Waals surface area contributed by atoms with Crippen LogP contribution in [0.2, 0.25) is 0 Å². The van der Waals surface area contributed by atoms with Crippen molar-refractivity contribution in [2.45, 2.75) is 12.6 Å². The van der Waals surface area contributed by atoms with Crippen molar-refractivity contribution in [3.8, 4) is 11.5 Å². The molecule has 8 heteroatoms. The standard InChI is InChI=1S/C27H22N2O6/c1-33-20-11-5-9-18(26(20)34-2)23-22(24(30)21-13-17-8-3-4-10-19(17)35-21)25(31)27(32)29(23)15-16-7-6-12-28-14-16/h3-14,23,31H,15H2,1-2H3. The topological polar surface area (TPSA) is 106 Å². The van der Waals surface area contributed by atoms with Crippen LogP contribution in [0.3, 0.4) is 0 Å². The maximum atomic E-state index is 13.7. The van der Waals surface area contributed by atoms with E-state index in [-0.39, 0.29) is 17.9 Å². The first-order valence-corrected chi connectivity index (χ1v) is 10.9. The van der Waals surface area contributed by atoms with Crippen LogP contribution in [0.4, 0.5) is 0 Å². The molecule has 0 saturated heterocycles. The number of benzene rings is 2. The Labute approximate surface area is 201 Å². The third-order valence-corrected chi connectivity index (χ3v) is 6.03. The number of para-hydroxylation sites is 2. The van der Waals surface area contributed by atoms with Crippen molar-refractivity contribution in [1.29, 1.82) is 0 Å². The number of methoxy groups -OCH3 is 2. The molecule has 1 unspecified atom stereocenters. The number of hydrogen-bond acceptors (Lipinski definition) is 6. The SMILES string of the molecule is COc1cccc(C2C(C(=O)c3cc4ccccc4o3)=C([O-])C(=O)N2Cc2ccc[nH+]c2)c1OC. The normalized spacial score (nSPS) is 15.7. The first kappa shape index (κ1) is 22.2. The number of H-pyrrole nitrogens is 1. The van der Waals surface area contributed by atoms with Gasteiger partial charge in [0.25, 0.3) is 0 Å². The molecule has 4 aromatic rings. The van der Waals surface area contributed by atoms with Crippen LogP contribution in [0.5, 0.6) is 11.5 Å². The summed E-state index contributed by atoms with van der Waals surface area (Å²) >= 11 is 0. The molecule has 1 aliphatic rings. The molecule has 1 aliphatic heterocycles. The molecular weight excluding hydrogens is 448 g/mol. The number of amides is 1. The summed E-state index contributed by atoms with van der Waals surface area (Å²) in [5.41, 5.74) is 1.55. The summed E-state index contributed by atoms with van der Waals surface area (Å²) in [4.78, 5) is 31.3. The van der Waals surface area contributed by atoms with Gasteiger partial charge in [0.15, 0.2) is 29.7 Å². The first-order chi connectivity index (χ1) is 17.0. The van der Waals surface area contributed by atoms with Gasteiger partial charge in [0, 0.05) is 28.2 Å². The zero-order chi connectivity index (χ0) is 24.5. The third-order valence-electron chi connectivity index (χ3n) is 6.03. The fourth-order valence-electron chi connectivity index (χ4n) is 4.44. The van der Waals surface area contributed by atoms with Crippen molar-refractivity contribution >= 4 is 22.7 Å². The molecule has 35 heavy (non-hydrogen) atoms. The second-order valence-electron chi connectivity index (χ2n) is 8.05. The lowest BCUT2D eigenvalue weighted by atomic mass is 9.93. The molecule has 0 fully saturated rings. The minimum atomic E-state index is -0.999. The summed E-state index contributed by atoms with van der Waals surface area (Å²) in [6, 6.07) is 16.5. The molecule has 1 atom stereocenters. The Morgan fingerprint density at radius 1 is 1.09 bits per heavy atom. The van der Waals surface area contributed by atoms with E-state index in [0.717, 1.165) is 10.9 Å². The highest BCUT2D eigenvalue weighted by Gasteiger charge is 2.42. The molecule has 0 bridgehead atoms. The number of carbonyl (C=O) groups excluding carboxylic acids is 2. The number of nitrogens with zero attached hydrogens (tertiary/aromatic N) is 1. The number of pyridine rings is 1. The zero-order valence-corrected chi connectivity index (χ0v) is 19.1. The molecule has 1 amide bonds. The molecule has 0 radical (unpaired) electrons. The smallest absolute Gasteiger partial charge is 0.240 e. The maximum absolute atomic E-state index is 13.7. The number of ketones is 1. The Morgan fingerprint density at radius 2 is 1.91 bits per heavy atom. The molecule has 2 aromatic heterocycles. The van der Waals surface area contributed by atoms with Gasteiger partial charge in [-0.2, -0.15) is 0 Å². The Bertz CT molecular complexity index is 1420. The molecule has 3 heterocycles. The molecule has 8 nitrogen and oxygen atoms in total. The van der Waals surface area contributed by atoms with Crippen molar-refractivity contribution in [1.82, 2.24) is 4.90 Å². The predicted molar refractivity (Wildman–Crippen MR) is 123 cm³/mol. The predicted octanol–water partition coefficient (Wildman–Crippen LogP) is 2.84. The molecular formula is C27H22N2O6. The van der Waals surface area contributed by atoms with Crippen LogP contribution in [-0.4, -0.2) is 30.8 Å². The van der Waals surface area contributed by atoms with Crippen LogP contribution in [0.25, 0.3) is 11.0 Å². The third kappa shape index (κ3) is 3.78. The number of aromatic nitrogens is 1. The van der Waals surface area contributed by atoms with Crippen molar-refractivity contribution in [2.24, 2.45) is 0 Å². The van der Waals surface area contributed by atoms with Gasteiger partial charge in [0.2, 0.25) is 11.7 Å². The molecule has 176 valence electrons. The summed E-state index contributed by atoms with van der Waals surface area (Å²) in [6.45, 7) is 0.101. The second-order valence-corrected chi connectivity index (χ2v) is 8.05. The van der Waals surface area contributed by atoms with E-state index in [9.17, 15) is 14.7 Å². The minimum absolute atomic E-state index is 0.0101. The quantitative estimate of drug-likeness (QED) is 0.385. The number of hydrogen-bond donors (Lipinski definition) is 0. The lowest BCUT2D eigenvalue weighted by Crippen LogP contribution is -2.32. The fraction of sp³-hybridized carbons (Fsp3) is 0.148. The number of ether oxygens (including phenoxy) is 2. The van der Waals surface area contributed by atoms with Crippen molar-refractivity contribution < 1.29 is 33.6 Å².